The highest BCUT2D eigenvalue weighted by atomic mass is 16.6. The van der Waals surface area contributed by atoms with Gasteiger partial charge in [-0.15, -0.1) is 0 Å². The number of aliphatic carboxylic acids is 2. The smallest absolute Gasteiger partial charge is 0.334 e. The minimum Gasteiger partial charge on any atom is -0.490 e. The van der Waals surface area contributed by atoms with Gasteiger partial charge in [-0.1, -0.05) is 90.9 Å². The molecule has 0 aliphatic carbocycles. The lowest BCUT2D eigenvalue weighted by molar-refractivity contribution is -0.395. The maximum atomic E-state index is 13.1. The summed E-state index contributed by atoms with van der Waals surface area (Å²) >= 11 is 0. The summed E-state index contributed by atoms with van der Waals surface area (Å²) in [7, 11) is 1.17. The molecule has 0 saturated carbocycles. The molecule has 0 spiro atoms. The maximum Gasteiger partial charge on any atom is 0.334 e. The van der Waals surface area contributed by atoms with Crippen LogP contribution >= 0.6 is 0 Å². The van der Waals surface area contributed by atoms with Gasteiger partial charge in [-0.3, -0.25) is 20.2 Å². The number of nitrogens with zero attached hydrogens (tertiary/aromatic N) is 3. The van der Waals surface area contributed by atoms with Gasteiger partial charge in [0.1, 0.15) is 0 Å². The first kappa shape index (κ1) is 39.2. The Kier molecular flexibility index (Phi) is 15.4. The molecule has 0 saturated heterocycles. The van der Waals surface area contributed by atoms with E-state index in [9.17, 15) is 40.0 Å². The van der Waals surface area contributed by atoms with Crippen LogP contribution in [0.15, 0.2) is 28.6 Å². The fourth-order valence-corrected chi connectivity index (χ4v) is 7.40. The highest BCUT2D eigenvalue weighted by Gasteiger charge is 2.55. The molecular formula is C35H53N3O9. The maximum absolute atomic E-state index is 13.1. The summed E-state index contributed by atoms with van der Waals surface area (Å²) in [6, 6.07) is 0.846. The van der Waals surface area contributed by atoms with E-state index in [2.05, 4.69) is 6.92 Å². The predicted molar refractivity (Wildman–Crippen MR) is 181 cm³/mol. The molecule has 0 fully saturated rings. The molecular weight excluding hydrogens is 606 g/mol. The van der Waals surface area contributed by atoms with Gasteiger partial charge in [0.15, 0.2) is 0 Å². The van der Waals surface area contributed by atoms with Crippen molar-refractivity contribution in [1.82, 2.24) is 4.90 Å². The van der Waals surface area contributed by atoms with Crippen molar-refractivity contribution in [2.75, 3.05) is 13.7 Å². The van der Waals surface area contributed by atoms with Crippen LogP contribution < -0.4 is 4.74 Å². The number of nitro groups is 2. The Balaban J connectivity index is 2.60. The van der Waals surface area contributed by atoms with Gasteiger partial charge in [-0.2, -0.15) is 0 Å². The van der Waals surface area contributed by atoms with E-state index in [1.807, 2.05) is 0 Å². The Morgan fingerprint density at radius 2 is 1.19 bits per heavy atom. The van der Waals surface area contributed by atoms with Gasteiger partial charge < -0.3 is 19.8 Å². The average molecular weight is 660 g/mol. The first-order valence-electron chi connectivity index (χ1n) is 17.1. The van der Waals surface area contributed by atoms with Gasteiger partial charge in [-0.25, -0.2) is 9.59 Å². The number of unbranched alkanes of at least 4 members (excludes halogenated alkanes) is 12. The third-order valence-corrected chi connectivity index (χ3v) is 9.56. The first-order valence-corrected chi connectivity index (χ1v) is 17.1. The summed E-state index contributed by atoms with van der Waals surface area (Å²) in [6.07, 6.45) is 14.2. The van der Waals surface area contributed by atoms with E-state index in [1.165, 1.54) is 52.1 Å². The monoisotopic (exact) mass is 659 g/mol. The van der Waals surface area contributed by atoms with Crippen molar-refractivity contribution >= 4 is 23.3 Å². The average Bonchev–Trinajstić information content (AvgIpc) is 3.01. The molecule has 262 valence electrons. The van der Waals surface area contributed by atoms with Crippen LogP contribution in [0.4, 0.5) is 11.4 Å². The van der Waals surface area contributed by atoms with Gasteiger partial charge in [-0.05, 0) is 40.0 Å². The molecule has 2 rings (SSSR count). The van der Waals surface area contributed by atoms with Crippen molar-refractivity contribution in [3.8, 4) is 5.75 Å². The van der Waals surface area contributed by atoms with E-state index >= 15 is 0 Å². The van der Waals surface area contributed by atoms with E-state index < -0.39 is 38.6 Å². The number of hydrogen-bond acceptors (Lipinski definition) is 8. The number of ether oxygens (including phenoxy) is 1. The second-order valence-corrected chi connectivity index (χ2v) is 12.3. The first-order chi connectivity index (χ1) is 22.4. The molecule has 47 heavy (non-hydrogen) atoms. The Bertz CT molecular complexity index is 1330. The molecule has 0 bridgehead atoms. The summed E-state index contributed by atoms with van der Waals surface area (Å²) in [4.78, 5) is 51.0. The number of carboxylic acid groups (broad SMARTS) is 2. The normalized spacial score (nSPS) is 14.5. The van der Waals surface area contributed by atoms with E-state index in [4.69, 9.17) is 4.74 Å². The third-order valence-electron chi connectivity index (χ3n) is 9.56. The van der Waals surface area contributed by atoms with E-state index in [1.54, 1.807) is 32.6 Å². The Morgan fingerprint density at radius 3 is 1.53 bits per heavy atom. The third kappa shape index (κ3) is 8.70. The van der Waals surface area contributed by atoms with Gasteiger partial charge in [0.2, 0.25) is 5.75 Å². The van der Waals surface area contributed by atoms with Crippen LogP contribution in [0.2, 0.25) is 0 Å². The molecule has 1 aliphatic rings. The van der Waals surface area contributed by atoms with Gasteiger partial charge in [0.25, 0.3) is 5.69 Å². The molecule has 12 nitrogen and oxygen atoms in total. The Hall–Kier alpha value is -3.96. The Labute approximate surface area is 278 Å². The molecule has 0 aromatic heterocycles. The number of carbonyl (C=O) groups is 2. The number of hydrogen-bond donors (Lipinski definition) is 2. The summed E-state index contributed by atoms with van der Waals surface area (Å²) < 4.78 is 5.58. The second kappa shape index (κ2) is 18.4. The lowest BCUT2D eigenvalue weighted by atomic mass is 9.62. The van der Waals surface area contributed by atoms with Gasteiger partial charge in [0.05, 0.1) is 39.6 Å². The molecule has 0 amide bonds. The van der Waals surface area contributed by atoms with Crippen molar-refractivity contribution in [3.05, 3.63) is 60.0 Å². The summed E-state index contributed by atoms with van der Waals surface area (Å²) in [5, 5.41) is 46.0. The van der Waals surface area contributed by atoms with E-state index in [0.717, 1.165) is 38.2 Å². The minimum absolute atomic E-state index is 0.0606. The quantitative estimate of drug-likeness (QED) is 0.0695. The zero-order chi connectivity index (χ0) is 35.3. The molecule has 2 N–H and O–H groups in total. The standard InChI is InChI=1S/C35H53N3O9/c1-7-10-11-12-13-14-15-16-17-18-19-20-21-22-26-27(37(43)44)23-28(38(45)46)32(47-6)31(26)35(8-2)29(33(39)40)24(4)36(9-3)25(5)30(35)34(41)42/h23H,7-22H2,1-6H3,(H,39,40)(H,41,42). The molecule has 0 radical (unpaired) electrons. The second-order valence-electron chi connectivity index (χ2n) is 12.3. The number of carboxylic acids is 2. The van der Waals surface area contributed by atoms with Crippen LogP contribution in [0.5, 0.6) is 5.75 Å². The van der Waals surface area contributed by atoms with Crippen LogP contribution in [0.3, 0.4) is 0 Å². The predicted octanol–water partition coefficient (Wildman–Crippen LogP) is 8.85. The fourth-order valence-electron chi connectivity index (χ4n) is 7.40. The number of rotatable bonds is 22. The van der Waals surface area contributed by atoms with Crippen molar-refractivity contribution in [2.45, 2.75) is 136 Å². The number of methoxy groups -OCH3 is 1. The zero-order valence-corrected chi connectivity index (χ0v) is 29.0. The van der Waals surface area contributed by atoms with Crippen LogP contribution in [-0.4, -0.2) is 50.6 Å². The van der Waals surface area contributed by atoms with E-state index in [0.29, 0.717) is 6.42 Å². The van der Waals surface area contributed by atoms with Crippen LogP contribution in [0.1, 0.15) is 136 Å². The van der Waals surface area contributed by atoms with Gasteiger partial charge in [0, 0.05) is 29.1 Å². The summed E-state index contributed by atoms with van der Waals surface area (Å²) in [5.74, 6) is -3.20. The number of benzene rings is 1. The minimum atomic E-state index is -1.98. The molecule has 0 atom stereocenters. The number of nitro benzene ring substituents is 2. The largest absolute Gasteiger partial charge is 0.490 e. The lowest BCUT2D eigenvalue weighted by Gasteiger charge is -2.45. The number of allylic oxidation sites excluding steroid dienone is 2. The molecule has 1 heterocycles. The highest BCUT2D eigenvalue weighted by Crippen LogP contribution is 2.56. The summed E-state index contributed by atoms with van der Waals surface area (Å²) in [5.41, 5.74) is -3.42. The van der Waals surface area contributed by atoms with Crippen LogP contribution in [0.25, 0.3) is 0 Å². The fraction of sp³-hybridized carbons (Fsp3) is 0.657. The molecule has 1 aromatic carbocycles. The van der Waals surface area contributed by atoms with E-state index in [-0.39, 0.29) is 58.8 Å². The van der Waals surface area contributed by atoms with Crippen molar-refractivity contribution < 1.29 is 34.4 Å². The molecule has 12 heteroatoms. The van der Waals surface area contributed by atoms with Crippen molar-refractivity contribution in [3.63, 3.8) is 0 Å². The lowest BCUT2D eigenvalue weighted by Crippen LogP contribution is -2.46. The van der Waals surface area contributed by atoms with Gasteiger partial charge >= 0.3 is 17.6 Å². The highest BCUT2D eigenvalue weighted by molar-refractivity contribution is 6.01. The van der Waals surface area contributed by atoms with Crippen molar-refractivity contribution in [2.24, 2.45) is 0 Å². The molecule has 1 aromatic rings. The molecule has 0 unspecified atom stereocenters. The summed E-state index contributed by atoms with van der Waals surface area (Å²) in [6.45, 7) is 8.94. The van der Waals surface area contributed by atoms with Crippen LogP contribution in [0, 0.1) is 20.2 Å². The molecule has 1 aliphatic heterocycles. The Morgan fingerprint density at radius 1 is 0.766 bits per heavy atom. The van der Waals surface area contributed by atoms with Crippen molar-refractivity contribution in [1.29, 1.82) is 0 Å². The topological polar surface area (TPSA) is 173 Å². The SMILES string of the molecule is CCCCCCCCCCCCCCCc1c([N+](=O)[O-])cc([N+](=O)[O-])c(OC)c1C1(CC)C(C(=O)O)=C(C)N(CC)C(C)=C1C(=O)O. The van der Waals surface area contributed by atoms with Crippen LogP contribution in [-0.2, 0) is 21.4 Å². The zero-order valence-electron chi connectivity index (χ0n) is 29.0.